The largest absolute Gasteiger partial charge is 0.367 e. The SMILES string of the molecule is CC(C)(C)Nc1nc(NC2CCCC2)cc(-c2ccccc2)n1. The van der Waals surface area contributed by atoms with Gasteiger partial charge < -0.3 is 10.6 Å². The lowest BCUT2D eigenvalue weighted by atomic mass is 10.1. The van der Waals surface area contributed by atoms with Crippen LogP contribution in [-0.4, -0.2) is 21.5 Å². The third-order valence-electron chi connectivity index (χ3n) is 3.99. The van der Waals surface area contributed by atoms with E-state index in [0.29, 0.717) is 12.0 Å². The molecule has 1 aliphatic rings. The zero-order chi connectivity index (χ0) is 16.3. The summed E-state index contributed by atoms with van der Waals surface area (Å²) in [4.78, 5) is 9.38. The van der Waals surface area contributed by atoms with Crippen LogP contribution in [0.2, 0.25) is 0 Å². The fourth-order valence-corrected chi connectivity index (χ4v) is 2.95. The predicted molar refractivity (Wildman–Crippen MR) is 96.7 cm³/mol. The minimum Gasteiger partial charge on any atom is -0.367 e. The number of rotatable bonds is 4. The third kappa shape index (κ3) is 4.44. The normalized spacial score (nSPS) is 15.6. The molecule has 2 aromatic rings. The Kier molecular flexibility index (Phi) is 4.51. The molecular formula is C19H26N4. The van der Waals surface area contributed by atoms with Gasteiger partial charge in [-0.05, 0) is 33.6 Å². The average Bonchev–Trinajstić information content (AvgIpc) is 2.99. The Morgan fingerprint density at radius 1 is 1.00 bits per heavy atom. The molecule has 0 bridgehead atoms. The van der Waals surface area contributed by atoms with Gasteiger partial charge in [0.1, 0.15) is 5.82 Å². The summed E-state index contributed by atoms with van der Waals surface area (Å²) in [5.41, 5.74) is 1.99. The Morgan fingerprint density at radius 2 is 1.70 bits per heavy atom. The summed E-state index contributed by atoms with van der Waals surface area (Å²) in [6, 6.07) is 12.9. The number of aromatic nitrogens is 2. The molecule has 3 rings (SSSR count). The van der Waals surface area contributed by atoms with Gasteiger partial charge in [0.05, 0.1) is 5.69 Å². The van der Waals surface area contributed by atoms with Gasteiger partial charge in [0.25, 0.3) is 0 Å². The number of nitrogens with zero attached hydrogens (tertiary/aromatic N) is 2. The van der Waals surface area contributed by atoms with Crippen molar-refractivity contribution in [2.24, 2.45) is 0 Å². The van der Waals surface area contributed by atoms with Gasteiger partial charge in [-0.15, -0.1) is 0 Å². The molecule has 0 radical (unpaired) electrons. The highest BCUT2D eigenvalue weighted by Gasteiger charge is 2.18. The number of anilines is 2. The second-order valence-corrected chi connectivity index (χ2v) is 7.33. The van der Waals surface area contributed by atoms with Crippen molar-refractivity contribution in [3.63, 3.8) is 0 Å². The lowest BCUT2D eigenvalue weighted by Gasteiger charge is -2.22. The van der Waals surface area contributed by atoms with Gasteiger partial charge in [-0.1, -0.05) is 43.2 Å². The Morgan fingerprint density at radius 3 is 2.35 bits per heavy atom. The maximum atomic E-state index is 4.70. The molecule has 23 heavy (non-hydrogen) atoms. The Bertz CT molecular complexity index is 640. The molecule has 1 saturated carbocycles. The highest BCUT2D eigenvalue weighted by atomic mass is 15.2. The summed E-state index contributed by atoms with van der Waals surface area (Å²) in [5, 5.41) is 6.98. The van der Waals surface area contributed by atoms with Gasteiger partial charge >= 0.3 is 0 Å². The summed E-state index contributed by atoms with van der Waals surface area (Å²) >= 11 is 0. The number of nitrogens with one attached hydrogen (secondary N) is 2. The van der Waals surface area contributed by atoms with E-state index in [0.717, 1.165) is 17.1 Å². The number of hydrogen-bond donors (Lipinski definition) is 2. The van der Waals surface area contributed by atoms with Crippen LogP contribution in [-0.2, 0) is 0 Å². The van der Waals surface area contributed by atoms with E-state index >= 15 is 0 Å². The molecule has 1 aromatic heterocycles. The highest BCUT2D eigenvalue weighted by Crippen LogP contribution is 2.26. The second-order valence-electron chi connectivity index (χ2n) is 7.33. The van der Waals surface area contributed by atoms with E-state index in [2.05, 4.69) is 54.6 Å². The fraction of sp³-hybridized carbons (Fsp3) is 0.474. The van der Waals surface area contributed by atoms with Gasteiger partial charge in [0.15, 0.2) is 0 Å². The zero-order valence-electron chi connectivity index (χ0n) is 14.3. The van der Waals surface area contributed by atoms with Gasteiger partial charge in [-0.25, -0.2) is 4.98 Å². The van der Waals surface area contributed by atoms with Gasteiger partial charge in [-0.3, -0.25) is 0 Å². The van der Waals surface area contributed by atoms with E-state index in [-0.39, 0.29) is 5.54 Å². The van der Waals surface area contributed by atoms with Crippen LogP contribution >= 0.6 is 0 Å². The van der Waals surface area contributed by atoms with Crippen molar-refractivity contribution in [1.29, 1.82) is 0 Å². The van der Waals surface area contributed by atoms with Crippen LogP contribution in [0, 0.1) is 0 Å². The topological polar surface area (TPSA) is 49.8 Å². The van der Waals surface area contributed by atoms with E-state index in [1.165, 1.54) is 25.7 Å². The highest BCUT2D eigenvalue weighted by molar-refractivity contribution is 5.64. The molecule has 0 unspecified atom stereocenters. The molecule has 0 saturated heterocycles. The summed E-state index contributed by atoms with van der Waals surface area (Å²) in [5.74, 6) is 1.59. The first-order valence-corrected chi connectivity index (χ1v) is 8.49. The Balaban J connectivity index is 1.92. The van der Waals surface area contributed by atoms with Crippen LogP contribution in [0.1, 0.15) is 46.5 Å². The Labute approximate surface area is 138 Å². The zero-order valence-corrected chi connectivity index (χ0v) is 14.3. The second kappa shape index (κ2) is 6.57. The summed E-state index contributed by atoms with van der Waals surface area (Å²) < 4.78 is 0. The molecule has 4 nitrogen and oxygen atoms in total. The first-order valence-electron chi connectivity index (χ1n) is 8.49. The molecule has 0 aliphatic heterocycles. The van der Waals surface area contributed by atoms with Crippen molar-refractivity contribution < 1.29 is 0 Å². The van der Waals surface area contributed by atoms with Crippen LogP contribution in [0.3, 0.4) is 0 Å². The minimum atomic E-state index is -0.0695. The maximum Gasteiger partial charge on any atom is 0.225 e. The van der Waals surface area contributed by atoms with Crippen LogP contribution in [0.4, 0.5) is 11.8 Å². The standard InChI is InChI=1S/C19H26N4/c1-19(2,3)23-18-21-16(14-9-5-4-6-10-14)13-17(22-18)20-15-11-7-8-12-15/h4-6,9-10,13,15H,7-8,11-12H2,1-3H3,(H2,20,21,22,23). The van der Waals surface area contributed by atoms with Crippen molar-refractivity contribution in [1.82, 2.24) is 9.97 Å². The van der Waals surface area contributed by atoms with E-state index in [1.807, 2.05) is 18.2 Å². The van der Waals surface area contributed by atoms with Crippen LogP contribution in [0.5, 0.6) is 0 Å². The minimum absolute atomic E-state index is 0.0695. The maximum absolute atomic E-state index is 4.70. The van der Waals surface area contributed by atoms with Crippen LogP contribution in [0.15, 0.2) is 36.4 Å². The predicted octanol–water partition coefficient (Wildman–Crippen LogP) is 4.71. The van der Waals surface area contributed by atoms with Gasteiger partial charge in [-0.2, -0.15) is 4.98 Å². The molecule has 1 heterocycles. The molecule has 4 heteroatoms. The molecule has 0 amide bonds. The van der Waals surface area contributed by atoms with Crippen molar-refractivity contribution in [3.05, 3.63) is 36.4 Å². The van der Waals surface area contributed by atoms with Crippen LogP contribution < -0.4 is 10.6 Å². The van der Waals surface area contributed by atoms with E-state index < -0.39 is 0 Å². The van der Waals surface area contributed by atoms with E-state index in [1.54, 1.807) is 0 Å². The monoisotopic (exact) mass is 310 g/mol. The molecule has 0 spiro atoms. The first kappa shape index (κ1) is 15.8. The lowest BCUT2D eigenvalue weighted by Crippen LogP contribution is -2.28. The number of benzene rings is 1. The van der Waals surface area contributed by atoms with Crippen molar-refractivity contribution in [3.8, 4) is 11.3 Å². The molecule has 2 N–H and O–H groups in total. The Hall–Kier alpha value is -2.10. The first-order chi connectivity index (χ1) is 11.0. The summed E-state index contributed by atoms with van der Waals surface area (Å²) in [7, 11) is 0. The van der Waals surface area contributed by atoms with Gasteiger partial charge in [0.2, 0.25) is 5.95 Å². The summed E-state index contributed by atoms with van der Waals surface area (Å²) in [6.07, 6.45) is 5.07. The molecule has 122 valence electrons. The van der Waals surface area contributed by atoms with Gasteiger partial charge in [0, 0.05) is 23.2 Å². The quantitative estimate of drug-likeness (QED) is 0.858. The average molecular weight is 310 g/mol. The lowest BCUT2D eigenvalue weighted by molar-refractivity contribution is 0.626. The van der Waals surface area contributed by atoms with Crippen molar-refractivity contribution in [2.75, 3.05) is 10.6 Å². The van der Waals surface area contributed by atoms with Crippen molar-refractivity contribution in [2.45, 2.75) is 58.0 Å². The fourth-order valence-electron chi connectivity index (χ4n) is 2.95. The van der Waals surface area contributed by atoms with E-state index in [4.69, 9.17) is 4.98 Å². The molecule has 0 atom stereocenters. The van der Waals surface area contributed by atoms with E-state index in [9.17, 15) is 0 Å². The third-order valence-corrected chi connectivity index (χ3v) is 3.99. The molecule has 1 aliphatic carbocycles. The number of hydrogen-bond acceptors (Lipinski definition) is 4. The summed E-state index contributed by atoms with van der Waals surface area (Å²) in [6.45, 7) is 6.36. The smallest absolute Gasteiger partial charge is 0.225 e. The van der Waals surface area contributed by atoms with Crippen LogP contribution in [0.25, 0.3) is 11.3 Å². The molecule has 1 aromatic carbocycles. The molecule has 1 fully saturated rings. The van der Waals surface area contributed by atoms with Crippen molar-refractivity contribution >= 4 is 11.8 Å². The molecular weight excluding hydrogens is 284 g/mol.